The number of benzene rings is 1. The van der Waals surface area contributed by atoms with Crippen molar-refractivity contribution in [2.45, 2.75) is 20.4 Å². The second-order valence-corrected chi connectivity index (χ2v) is 6.01. The molecule has 0 unspecified atom stereocenters. The smallest absolute Gasteiger partial charge is 0.274 e. The lowest BCUT2D eigenvalue weighted by atomic mass is 9.93. The minimum atomic E-state index is -0.678. The predicted molar refractivity (Wildman–Crippen MR) is 80.8 cm³/mol. The third-order valence-corrected chi connectivity index (χ3v) is 3.26. The van der Waals surface area contributed by atoms with Gasteiger partial charge >= 0.3 is 0 Å². The number of carbonyl (C=O) groups excluding carboxylic acids is 1. The molecule has 7 nitrogen and oxygen atoms in total. The van der Waals surface area contributed by atoms with E-state index in [1.54, 1.807) is 6.07 Å². The number of nitrogens with zero attached hydrogens (tertiary/aromatic N) is 2. The van der Waals surface area contributed by atoms with Crippen LogP contribution in [0.5, 0.6) is 0 Å². The van der Waals surface area contributed by atoms with Crippen LogP contribution in [0.15, 0.2) is 18.2 Å². The molecule has 116 valence electrons. The fourth-order valence-electron chi connectivity index (χ4n) is 2.16. The molecule has 0 saturated carbocycles. The molecule has 0 radical (unpaired) electrons. The van der Waals surface area contributed by atoms with E-state index < -0.39 is 10.8 Å². The molecule has 0 spiro atoms. The van der Waals surface area contributed by atoms with Gasteiger partial charge in [0.2, 0.25) is 5.91 Å². The Labute approximate surface area is 124 Å². The fraction of sp³-hybridized carbons (Fsp3) is 0.500. The van der Waals surface area contributed by atoms with Gasteiger partial charge in [-0.05, 0) is 25.1 Å². The van der Waals surface area contributed by atoms with E-state index in [1.165, 1.54) is 12.1 Å². The highest BCUT2D eigenvalue weighted by atomic mass is 16.6. The van der Waals surface area contributed by atoms with Crippen molar-refractivity contribution in [2.24, 2.45) is 16.9 Å². The molecular formula is C14H22N4O3. The molecule has 1 aromatic carbocycles. The molecule has 1 rings (SSSR count). The summed E-state index contributed by atoms with van der Waals surface area (Å²) in [6.07, 6.45) is 0. The first kappa shape index (κ1) is 17.1. The predicted octanol–water partition coefficient (Wildman–Crippen LogP) is 1.11. The Bertz CT molecular complexity index is 543. The zero-order valence-corrected chi connectivity index (χ0v) is 12.6. The van der Waals surface area contributed by atoms with E-state index >= 15 is 0 Å². The minimum Gasteiger partial charge on any atom is -0.366 e. The molecule has 0 saturated heterocycles. The molecule has 0 aliphatic carbocycles. The van der Waals surface area contributed by atoms with E-state index in [-0.39, 0.29) is 16.7 Å². The van der Waals surface area contributed by atoms with Gasteiger partial charge in [-0.2, -0.15) is 0 Å². The summed E-state index contributed by atoms with van der Waals surface area (Å²) in [7, 11) is 1.88. The first-order chi connectivity index (χ1) is 9.66. The monoisotopic (exact) mass is 294 g/mol. The summed E-state index contributed by atoms with van der Waals surface area (Å²) >= 11 is 0. The lowest BCUT2D eigenvalue weighted by Gasteiger charge is -2.28. The average molecular weight is 294 g/mol. The van der Waals surface area contributed by atoms with Crippen LogP contribution in [0.4, 0.5) is 5.69 Å². The van der Waals surface area contributed by atoms with Gasteiger partial charge in [0.15, 0.2) is 0 Å². The highest BCUT2D eigenvalue weighted by molar-refractivity contribution is 5.93. The lowest BCUT2D eigenvalue weighted by molar-refractivity contribution is -0.385. The number of rotatable bonds is 7. The van der Waals surface area contributed by atoms with Crippen molar-refractivity contribution in [3.05, 3.63) is 39.4 Å². The van der Waals surface area contributed by atoms with Gasteiger partial charge in [-0.3, -0.25) is 14.9 Å². The van der Waals surface area contributed by atoms with Crippen molar-refractivity contribution in [3.8, 4) is 0 Å². The van der Waals surface area contributed by atoms with Crippen LogP contribution in [0.2, 0.25) is 0 Å². The minimum absolute atomic E-state index is 0.0727. The summed E-state index contributed by atoms with van der Waals surface area (Å²) in [6.45, 7) is 5.71. The van der Waals surface area contributed by atoms with E-state index in [9.17, 15) is 14.9 Å². The van der Waals surface area contributed by atoms with Crippen LogP contribution in [-0.2, 0) is 6.54 Å². The Morgan fingerprint density at radius 1 is 1.43 bits per heavy atom. The molecule has 1 amide bonds. The van der Waals surface area contributed by atoms with E-state index in [0.29, 0.717) is 25.2 Å². The van der Waals surface area contributed by atoms with Gasteiger partial charge < -0.3 is 16.4 Å². The maximum absolute atomic E-state index is 11.1. The van der Waals surface area contributed by atoms with Crippen molar-refractivity contribution in [2.75, 3.05) is 20.1 Å². The van der Waals surface area contributed by atoms with E-state index in [2.05, 4.69) is 0 Å². The molecular weight excluding hydrogens is 272 g/mol. The van der Waals surface area contributed by atoms with Crippen molar-refractivity contribution in [3.63, 3.8) is 0 Å². The van der Waals surface area contributed by atoms with Gasteiger partial charge in [0.05, 0.1) is 4.92 Å². The van der Waals surface area contributed by atoms with Crippen LogP contribution in [0.25, 0.3) is 0 Å². The highest BCUT2D eigenvalue weighted by Gasteiger charge is 2.21. The van der Waals surface area contributed by atoms with Gasteiger partial charge in [0.1, 0.15) is 0 Å². The quantitative estimate of drug-likeness (QED) is 0.577. The van der Waals surface area contributed by atoms with Crippen molar-refractivity contribution in [1.82, 2.24) is 4.90 Å². The van der Waals surface area contributed by atoms with Gasteiger partial charge in [-0.1, -0.05) is 19.9 Å². The molecule has 0 fully saturated rings. The fourth-order valence-corrected chi connectivity index (χ4v) is 2.16. The van der Waals surface area contributed by atoms with Gasteiger partial charge in [-0.15, -0.1) is 0 Å². The Morgan fingerprint density at radius 2 is 2.05 bits per heavy atom. The van der Waals surface area contributed by atoms with Crippen LogP contribution in [0, 0.1) is 15.5 Å². The molecule has 7 heteroatoms. The van der Waals surface area contributed by atoms with Crippen LogP contribution in [-0.4, -0.2) is 35.9 Å². The third kappa shape index (κ3) is 4.80. The number of primary amides is 1. The van der Waals surface area contributed by atoms with Crippen LogP contribution in [0.1, 0.15) is 29.8 Å². The number of nitrogens with two attached hydrogens (primary N) is 2. The number of hydrogen-bond acceptors (Lipinski definition) is 5. The summed E-state index contributed by atoms with van der Waals surface area (Å²) in [5, 5.41) is 11.1. The van der Waals surface area contributed by atoms with E-state index in [0.717, 1.165) is 0 Å². The summed E-state index contributed by atoms with van der Waals surface area (Å²) in [6, 6.07) is 4.30. The Hall–Kier alpha value is -1.99. The first-order valence-corrected chi connectivity index (χ1v) is 6.62. The highest BCUT2D eigenvalue weighted by Crippen LogP contribution is 2.23. The largest absolute Gasteiger partial charge is 0.366 e. The molecule has 21 heavy (non-hydrogen) atoms. The Kier molecular flexibility index (Phi) is 5.40. The summed E-state index contributed by atoms with van der Waals surface area (Å²) < 4.78 is 0. The normalized spacial score (nSPS) is 11.7. The van der Waals surface area contributed by atoms with Crippen LogP contribution >= 0.6 is 0 Å². The molecule has 0 aliphatic heterocycles. The molecule has 0 bridgehead atoms. The number of nitro benzene ring substituents is 1. The number of amides is 1. The van der Waals surface area contributed by atoms with Gasteiger partial charge in [0.25, 0.3) is 5.69 Å². The molecule has 1 aromatic rings. The van der Waals surface area contributed by atoms with Crippen molar-refractivity contribution < 1.29 is 9.72 Å². The van der Waals surface area contributed by atoms with Gasteiger partial charge in [0, 0.05) is 30.3 Å². The van der Waals surface area contributed by atoms with E-state index in [1.807, 2.05) is 25.8 Å². The number of carbonyl (C=O) groups is 1. The van der Waals surface area contributed by atoms with E-state index in [4.69, 9.17) is 11.5 Å². The summed E-state index contributed by atoms with van der Waals surface area (Å²) in [4.78, 5) is 23.7. The zero-order chi connectivity index (χ0) is 16.2. The maximum Gasteiger partial charge on any atom is 0.274 e. The lowest BCUT2D eigenvalue weighted by Crippen LogP contribution is -2.36. The Morgan fingerprint density at radius 3 is 2.52 bits per heavy atom. The molecule has 0 aliphatic rings. The summed E-state index contributed by atoms with van der Waals surface area (Å²) in [5.41, 5.74) is 11.4. The van der Waals surface area contributed by atoms with Crippen LogP contribution in [0.3, 0.4) is 0 Å². The average Bonchev–Trinajstić information content (AvgIpc) is 2.37. The number of nitro groups is 1. The first-order valence-electron chi connectivity index (χ1n) is 6.62. The standard InChI is InChI=1S/C14H22N4O3/c1-14(2,8-15)9-17(3)7-11-5-4-10(13(16)19)6-12(11)18(20)21/h4-6H,7-9,15H2,1-3H3,(H2,16,19). The zero-order valence-electron chi connectivity index (χ0n) is 12.6. The molecule has 0 atom stereocenters. The second-order valence-electron chi connectivity index (χ2n) is 6.01. The Balaban J connectivity index is 2.97. The van der Waals surface area contributed by atoms with Crippen molar-refractivity contribution >= 4 is 11.6 Å². The summed E-state index contributed by atoms with van der Waals surface area (Å²) in [5.74, 6) is -0.678. The maximum atomic E-state index is 11.1. The third-order valence-electron chi connectivity index (χ3n) is 3.26. The molecule has 4 N–H and O–H groups in total. The van der Waals surface area contributed by atoms with Gasteiger partial charge in [-0.25, -0.2) is 0 Å². The molecule has 0 aromatic heterocycles. The second kappa shape index (κ2) is 6.64. The SMILES string of the molecule is CN(Cc1ccc(C(N)=O)cc1[N+](=O)[O-])CC(C)(C)CN. The van der Waals surface area contributed by atoms with Crippen molar-refractivity contribution in [1.29, 1.82) is 0 Å². The number of hydrogen-bond donors (Lipinski definition) is 2. The topological polar surface area (TPSA) is 115 Å². The van der Waals surface area contributed by atoms with Crippen LogP contribution < -0.4 is 11.5 Å². The molecule has 0 heterocycles.